The largest absolute Gasteiger partial charge is 0.478 e. The van der Waals surface area contributed by atoms with Crippen molar-refractivity contribution in [1.82, 2.24) is 9.97 Å². The molecule has 0 amide bonds. The van der Waals surface area contributed by atoms with Gasteiger partial charge in [0.1, 0.15) is 0 Å². The molecule has 7 heteroatoms. The summed E-state index contributed by atoms with van der Waals surface area (Å²) < 4.78 is 0. The van der Waals surface area contributed by atoms with Gasteiger partial charge in [-0.25, -0.2) is 9.78 Å². The van der Waals surface area contributed by atoms with Gasteiger partial charge in [0, 0.05) is 18.1 Å². The Morgan fingerprint density at radius 1 is 1.44 bits per heavy atom. The molecule has 3 N–H and O–H groups in total. The van der Waals surface area contributed by atoms with Crippen LogP contribution in [0.15, 0.2) is 35.4 Å². The Balaban J connectivity index is 2.31. The van der Waals surface area contributed by atoms with Gasteiger partial charge in [-0.05, 0) is 18.2 Å². The van der Waals surface area contributed by atoms with E-state index < -0.39 is 5.97 Å². The van der Waals surface area contributed by atoms with Crippen molar-refractivity contribution in [1.29, 1.82) is 0 Å². The van der Waals surface area contributed by atoms with Crippen LogP contribution in [0.1, 0.15) is 10.4 Å². The topological polar surface area (TPSA) is 95.1 Å². The maximum absolute atomic E-state index is 11.4. The summed E-state index contributed by atoms with van der Waals surface area (Å²) >= 11 is 5.80. The van der Waals surface area contributed by atoms with Gasteiger partial charge in [0.2, 0.25) is 0 Å². The summed E-state index contributed by atoms with van der Waals surface area (Å²) in [7, 11) is 0. The third-order valence-electron chi connectivity index (χ3n) is 2.17. The number of H-pyrrole nitrogens is 1. The molecule has 0 spiro atoms. The zero-order valence-electron chi connectivity index (χ0n) is 8.98. The fraction of sp³-hybridized carbons (Fsp3) is 0. The fourth-order valence-electron chi connectivity index (χ4n) is 1.34. The average Bonchev–Trinajstić information content (AvgIpc) is 2.32. The van der Waals surface area contributed by atoms with E-state index in [1.54, 1.807) is 0 Å². The molecule has 0 atom stereocenters. The lowest BCUT2D eigenvalue weighted by Crippen LogP contribution is -2.12. The van der Waals surface area contributed by atoms with Crippen LogP contribution < -0.4 is 10.9 Å². The van der Waals surface area contributed by atoms with Gasteiger partial charge in [-0.2, -0.15) is 0 Å². The van der Waals surface area contributed by atoms with Gasteiger partial charge in [-0.1, -0.05) is 11.6 Å². The normalized spacial score (nSPS) is 10.1. The van der Waals surface area contributed by atoms with Crippen LogP contribution in [0.3, 0.4) is 0 Å². The van der Waals surface area contributed by atoms with Crippen LogP contribution in [0.25, 0.3) is 0 Å². The molecule has 1 aromatic heterocycles. The first-order chi connectivity index (χ1) is 8.58. The smallest absolute Gasteiger partial charge is 0.337 e. The highest BCUT2D eigenvalue weighted by Crippen LogP contribution is 2.22. The fourth-order valence-corrected chi connectivity index (χ4v) is 1.61. The minimum atomic E-state index is -1.11. The first-order valence-electron chi connectivity index (χ1n) is 4.91. The number of nitrogens with one attached hydrogen (secondary N) is 2. The van der Waals surface area contributed by atoms with E-state index in [1.165, 1.54) is 30.6 Å². The lowest BCUT2D eigenvalue weighted by molar-refractivity contribution is 0.0697. The van der Waals surface area contributed by atoms with Gasteiger partial charge in [0.25, 0.3) is 5.56 Å². The number of carboxylic acids is 1. The molecule has 0 aliphatic heterocycles. The molecule has 0 saturated heterocycles. The number of carboxylic acid groups (broad SMARTS) is 1. The molecule has 92 valence electrons. The van der Waals surface area contributed by atoms with Crippen molar-refractivity contribution in [3.8, 4) is 0 Å². The quantitative estimate of drug-likeness (QED) is 0.787. The molecule has 1 aromatic carbocycles. The lowest BCUT2D eigenvalue weighted by Gasteiger charge is -2.06. The molecular weight excluding hydrogens is 258 g/mol. The van der Waals surface area contributed by atoms with Crippen LogP contribution >= 0.6 is 11.6 Å². The SMILES string of the molecule is O=C(O)c1ccc(Nc2ncc[nH]c2=O)cc1Cl. The second kappa shape index (κ2) is 4.89. The van der Waals surface area contributed by atoms with Gasteiger partial charge in [-0.15, -0.1) is 0 Å². The number of aromatic carboxylic acids is 1. The van der Waals surface area contributed by atoms with Gasteiger partial charge >= 0.3 is 5.97 Å². The monoisotopic (exact) mass is 265 g/mol. The standard InChI is InChI=1S/C11H8ClN3O3/c12-8-5-6(1-2-7(8)11(17)18)15-9-10(16)14-4-3-13-9/h1-5H,(H,13,15)(H,14,16)(H,17,18). The predicted octanol–water partition coefficient (Wildman–Crippen LogP) is 1.87. The summed E-state index contributed by atoms with van der Waals surface area (Å²) in [6.45, 7) is 0. The molecule has 0 aliphatic carbocycles. The number of anilines is 2. The summed E-state index contributed by atoms with van der Waals surface area (Å²) in [6, 6.07) is 4.27. The van der Waals surface area contributed by atoms with Gasteiger partial charge in [0.05, 0.1) is 10.6 Å². The van der Waals surface area contributed by atoms with E-state index >= 15 is 0 Å². The predicted molar refractivity (Wildman–Crippen MR) is 66.6 cm³/mol. The van der Waals surface area contributed by atoms with E-state index in [0.717, 1.165) is 0 Å². The molecule has 2 aromatic rings. The van der Waals surface area contributed by atoms with Crippen LogP contribution in [0, 0.1) is 0 Å². The second-order valence-corrected chi connectivity index (χ2v) is 3.80. The molecule has 6 nitrogen and oxygen atoms in total. The summed E-state index contributed by atoms with van der Waals surface area (Å²) in [6.07, 6.45) is 2.84. The van der Waals surface area contributed by atoms with Crippen molar-refractivity contribution >= 4 is 29.1 Å². The summed E-state index contributed by atoms with van der Waals surface area (Å²) in [5, 5.41) is 11.6. The number of benzene rings is 1. The van der Waals surface area contributed by atoms with E-state index in [-0.39, 0.29) is 22.0 Å². The lowest BCUT2D eigenvalue weighted by atomic mass is 10.2. The number of aromatic amines is 1. The molecule has 0 bridgehead atoms. The van der Waals surface area contributed by atoms with Crippen LogP contribution in [0.2, 0.25) is 5.02 Å². The van der Waals surface area contributed by atoms with E-state index in [2.05, 4.69) is 15.3 Å². The molecule has 0 radical (unpaired) electrons. The molecule has 1 heterocycles. The third-order valence-corrected chi connectivity index (χ3v) is 2.48. The molecule has 0 saturated carbocycles. The van der Waals surface area contributed by atoms with Crippen LogP contribution in [0.5, 0.6) is 0 Å². The molecule has 2 rings (SSSR count). The highest BCUT2D eigenvalue weighted by Gasteiger charge is 2.09. The summed E-state index contributed by atoms with van der Waals surface area (Å²) in [5.74, 6) is -1.00. The number of halogens is 1. The second-order valence-electron chi connectivity index (χ2n) is 3.39. The Hall–Kier alpha value is -2.34. The van der Waals surface area contributed by atoms with Crippen molar-refractivity contribution in [2.45, 2.75) is 0 Å². The van der Waals surface area contributed by atoms with Crippen molar-refractivity contribution in [2.75, 3.05) is 5.32 Å². The zero-order valence-corrected chi connectivity index (χ0v) is 9.73. The van der Waals surface area contributed by atoms with E-state index in [9.17, 15) is 9.59 Å². The Morgan fingerprint density at radius 2 is 2.22 bits per heavy atom. The first-order valence-corrected chi connectivity index (χ1v) is 5.29. The van der Waals surface area contributed by atoms with Crippen molar-refractivity contribution in [3.05, 3.63) is 51.5 Å². The van der Waals surface area contributed by atoms with E-state index in [0.29, 0.717) is 5.69 Å². The number of carbonyl (C=O) groups is 1. The number of aromatic nitrogens is 2. The number of hydrogen-bond acceptors (Lipinski definition) is 4. The van der Waals surface area contributed by atoms with Gasteiger partial charge in [0.15, 0.2) is 5.82 Å². The van der Waals surface area contributed by atoms with Gasteiger partial charge in [-0.3, -0.25) is 4.79 Å². The van der Waals surface area contributed by atoms with E-state index in [1.807, 2.05) is 0 Å². The Bertz CT molecular complexity index is 654. The maximum atomic E-state index is 11.4. The van der Waals surface area contributed by atoms with Crippen LogP contribution in [0.4, 0.5) is 11.5 Å². The average molecular weight is 266 g/mol. The minimum Gasteiger partial charge on any atom is -0.478 e. The maximum Gasteiger partial charge on any atom is 0.337 e. The highest BCUT2D eigenvalue weighted by atomic mass is 35.5. The third kappa shape index (κ3) is 2.49. The summed E-state index contributed by atoms with van der Waals surface area (Å²) in [4.78, 5) is 28.5. The summed E-state index contributed by atoms with van der Waals surface area (Å²) in [5.41, 5.74) is 0.0993. The molecular formula is C11H8ClN3O3. The van der Waals surface area contributed by atoms with Crippen molar-refractivity contribution < 1.29 is 9.90 Å². The molecule has 0 aliphatic rings. The minimum absolute atomic E-state index is 0.00264. The zero-order chi connectivity index (χ0) is 13.1. The Morgan fingerprint density at radius 3 is 2.83 bits per heavy atom. The Labute approximate surface area is 106 Å². The number of hydrogen-bond donors (Lipinski definition) is 3. The number of rotatable bonds is 3. The van der Waals surface area contributed by atoms with Crippen molar-refractivity contribution in [3.63, 3.8) is 0 Å². The Kier molecular flexibility index (Phi) is 3.29. The highest BCUT2D eigenvalue weighted by molar-refractivity contribution is 6.33. The molecule has 0 fully saturated rings. The first kappa shape index (κ1) is 12.1. The van der Waals surface area contributed by atoms with Crippen LogP contribution in [-0.4, -0.2) is 21.0 Å². The number of nitrogens with zero attached hydrogens (tertiary/aromatic N) is 1. The van der Waals surface area contributed by atoms with Crippen LogP contribution in [-0.2, 0) is 0 Å². The van der Waals surface area contributed by atoms with Gasteiger partial charge < -0.3 is 15.4 Å². The van der Waals surface area contributed by atoms with Crippen molar-refractivity contribution in [2.24, 2.45) is 0 Å². The molecule has 18 heavy (non-hydrogen) atoms. The molecule has 0 unspecified atom stereocenters. The van der Waals surface area contributed by atoms with E-state index in [4.69, 9.17) is 16.7 Å².